The topological polar surface area (TPSA) is 222 Å². The van der Waals surface area contributed by atoms with Crippen molar-refractivity contribution in [2.75, 3.05) is 61.4 Å². The Balaban J connectivity index is 0.607. The van der Waals surface area contributed by atoms with Crippen molar-refractivity contribution in [1.29, 1.82) is 0 Å². The maximum atomic E-state index is 15.4. The first-order valence-corrected chi connectivity index (χ1v) is 28.6. The lowest BCUT2D eigenvalue weighted by Crippen LogP contribution is -2.54. The lowest BCUT2D eigenvalue weighted by atomic mass is 9.81. The van der Waals surface area contributed by atoms with Gasteiger partial charge in [0.15, 0.2) is 11.6 Å². The summed E-state index contributed by atoms with van der Waals surface area (Å²) in [6, 6.07) is 15.7. The van der Waals surface area contributed by atoms with Gasteiger partial charge in [-0.2, -0.15) is 0 Å². The number of aryl methyl sites for hydroxylation is 1. The zero-order valence-corrected chi connectivity index (χ0v) is 45.8. The van der Waals surface area contributed by atoms with Gasteiger partial charge in [0, 0.05) is 85.4 Å². The average molecular weight is 1100 g/mol. The van der Waals surface area contributed by atoms with Gasteiger partial charge in [-0.3, -0.25) is 9.59 Å². The van der Waals surface area contributed by atoms with E-state index in [-0.39, 0.29) is 47.7 Å². The molecule has 4 aromatic heterocycles. The number of nitrogens with one attached hydrogen (secondary N) is 1. The number of pyridine rings is 1. The second-order valence-electron chi connectivity index (χ2n) is 22.6. The molecule has 2 aromatic carbocycles. The number of thiazole rings is 1. The first-order chi connectivity index (χ1) is 38.1. The summed E-state index contributed by atoms with van der Waals surface area (Å²) in [6.07, 6.45) is 8.18. The van der Waals surface area contributed by atoms with Gasteiger partial charge in [-0.25, -0.2) is 18.7 Å². The summed E-state index contributed by atoms with van der Waals surface area (Å²) >= 11 is 1.21. The number of aromatic nitrogens is 5. The van der Waals surface area contributed by atoms with Crippen LogP contribution < -0.4 is 30.3 Å². The van der Waals surface area contributed by atoms with Gasteiger partial charge in [0.05, 0.1) is 46.2 Å². The number of piperazine rings is 1. The predicted molar refractivity (Wildman–Crippen MR) is 295 cm³/mol. The number of nitrogens with zero attached hydrogens (tertiary/aromatic N) is 9. The van der Waals surface area contributed by atoms with Crippen molar-refractivity contribution in [3.8, 4) is 39.2 Å². The van der Waals surface area contributed by atoms with Crippen molar-refractivity contribution in [2.45, 2.75) is 121 Å². The van der Waals surface area contributed by atoms with Crippen LogP contribution in [0.1, 0.15) is 101 Å². The van der Waals surface area contributed by atoms with Gasteiger partial charge in [0.2, 0.25) is 17.7 Å². The van der Waals surface area contributed by atoms with E-state index in [1.165, 1.54) is 16.2 Å². The summed E-state index contributed by atoms with van der Waals surface area (Å²) in [5, 5.41) is 36.6. The van der Waals surface area contributed by atoms with Crippen LogP contribution in [0.4, 0.5) is 26.0 Å². The maximum absolute atomic E-state index is 15.4. The molecule has 6 atom stereocenters. The Bertz CT molecular complexity index is 3130. The zero-order valence-electron chi connectivity index (χ0n) is 45.0. The fourth-order valence-corrected chi connectivity index (χ4v) is 13.4. The van der Waals surface area contributed by atoms with Gasteiger partial charge >= 0.3 is 0 Å². The summed E-state index contributed by atoms with van der Waals surface area (Å²) in [6.45, 7) is 12.1. The Morgan fingerprint density at radius 3 is 2.41 bits per heavy atom. The highest BCUT2D eigenvalue weighted by molar-refractivity contribution is 7.13. The second-order valence-corrected chi connectivity index (χ2v) is 23.4. The van der Waals surface area contributed by atoms with Crippen LogP contribution in [-0.4, -0.2) is 133 Å². The highest BCUT2D eigenvalue weighted by Crippen LogP contribution is 2.41. The number of rotatable bonds is 18. The largest absolute Gasteiger partial charge is 0.507 e. The van der Waals surface area contributed by atoms with E-state index >= 15 is 8.78 Å². The SMILES string of the molecule is Cc1ncsc1-c1cc(F)c([C@H](C)NC(=O)[C@@H]2C[C@@H](O)CN2C(=O)[C@H](c2cc(OCCC3CCN(CC4CC(Oc5cc(N6C7CCC6CN(c6cc(-c8ccccc8O)nnc6N)C7)ccn5)C4)CC3)no2)C(C)C)cc1F. The predicted octanol–water partition coefficient (Wildman–Crippen LogP) is 8.30. The van der Waals surface area contributed by atoms with Gasteiger partial charge in [-0.05, 0) is 131 Å². The monoisotopic (exact) mass is 1100 g/mol. The summed E-state index contributed by atoms with van der Waals surface area (Å²) in [4.78, 5) is 46.0. The molecule has 79 heavy (non-hydrogen) atoms. The van der Waals surface area contributed by atoms with Gasteiger partial charge < -0.3 is 54.9 Å². The number of carbonyl (C=O) groups is 2. The van der Waals surface area contributed by atoms with Crippen molar-refractivity contribution in [1.82, 2.24) is 40.4 Å². The Morgan fingerprint density at radius 2 is 1.67 bits per heavy atom. The number of hydrogen-bond donors (Lipinski definition) is 4. The molecule has 4 saturated heterocycles. The average Bonchev–Trinajstić information content (AvgIpc) is 4.27. The van der Waals surface area contributed by atoms with E-state index in [2.05, 4.69) is 57.5 Å². The zero-order chi connectivity index (χ0) is 55.1. The molecule has 1 saturated carbocycles. The third-order valence-corrected chi connectivity index (χ3v) is 17.8. The number of aliphatic hydroxyl groups is 1. The number of nitrogens with two attached hydrogens (primary N) is 1. The lowest BCUT2D eigenvalue weighted by Gasteiger charge is -2.43. The number of phenolic OH excluding ortho intramolecular Hbond substituents is 1. The number of anilines is 3. The number of likely N-dealkylation sites (tertiary alicyclic amines) is 2. The van der Waals surface area contributed by atoms with Crippen molar-refractivity contribution in [3.63, 3.8) is 0 Å². The number of phenols is 1. The fourth-order valence-electron chi connectivity index (χ4n) is 12.6. The molecule has 21 heteroatoms. The van der Waals surface area contributed by atoms with E-state index in [9.17, 15) is 19.8 Å². The molecule has 11 rings (SSSR count). The highest BCUT2D eigenvalue weighted by atomic mass is 32.1. The fraction of sp³-hybridized carbons (Fsp3) is 0.500. The molecule has 18 nitrogen and oxygen atoms in total. The summed E-state index contributed by atoms with van der Waals surface area (Å²) in [5.74, 6) is -0.532. The molecule has 2 bridgehead atoms. The molecule has 6 aromatic rings. The number of halogens is 2. The lowest BCUT2D eigenvalue weighted by molar-refractivity contribution is -0.141. The third kappa shape index (κ3) is 11.6. The van der Waals surface area contributed by atoms with Crippen LogP contribution in [0, 0.1) is 36.3 Å². The number of aliphatic hydroxyl groups excluding tert-OH is 1. The minimum Gasteiger partial charge on any atom is -0.507 e. The maximum Gasteiger partial charge on any atom is 0.254 e. The first kappa shape index (κ1) is 54.0. The molecule has 8 heterocycles. The summed E-state index contributed by atoms with van der Waals surface area (Å²) < 4.78 is 49.0. The molecule has 2 amide bonds. The van der Waals surface area contributed by atoms with E-state index in [0.717, 1.165) is 101 Å². The number of fused-ring (bicyclic) bond motifs is 2. The van der Waals surface area contributed by atoms with Crippen molar-refractivity contribution in [3.05, 3.63) is 101 Å². The van der Waals surface area contributed by atoms with Gasteiger partial charge in [-0.1, -0.05) is 26.0 Å². The molecule has 418 valence electrons. The molecule has 0 spiro atoms. The molecular formula is C58H69F2N11O7S. The number of aromatic hydroxyl groups is 1. The minimum atomic E-state index is -1.04. The number of hydrogen-bond acceptors (Lipinski definition) is 17. The van der Waals surface area contributed by atoms with E-state index in [1.54, 1.807) is 37.6 Å². The number of para-hydroxylation sites is 1. The molecule has 1 aliphatic carbocycles. The number of nitrogen functional groups attached to an aromatic ring is 1. The number of amides is 2. The Labute approximate surface area is 462 Å². The number of carbonyl (C=O) groups excluding carboxylic acids is 2. The Hall–Kier alpha value is -6.97. The highest BCUT2D eigenvalue weighted by Gasteiger charge is 2.45. The quantitative estimate of drug-likeness (QED) is 0.0636. The van der Waals surface area contributed by atoms with E-state index < -0.39 is 47.6 Å². The van der Waals surface area contributed by atoms with Crippen LogP contribution in [0.5, 0.6) is 17.5 Å². The minimum absolute atomic E-state index is 0.0120. The van der Waals surface area contributed by atoms with Crippen LogP contribution in [0.3, 0.4) is 0 Å². The van der Waals surface area contributed by atoms with Gasteiger partial charge in [0.25, 0.3) is 5.88 Å². The van der Waals surface area contributed by atoms with Crippen LogP contribution in [0.25, 0.3) is 21.7 Å². The summed E-state index contributed by atoms with van der Waals surface area (Å²) in [5.41, 5.74) is 11.8. The van der Waals surface area contributed by atoms with Crippen LogP contribution >= 0.6 is 11.3 Å². The van der Waals surface area contributed by atoms with Crippen molar-refractivity contribution >= 4 is 40.3 Å². The van der Waals surface area contributed by atoms with Crippen LogP contribution in [-0.2, 0) is 9.59 Å². The molecule has 5 aliphatic rings. The van der Waals surface area contributed by atoms with Gasteiger partial charge in [0.1, 0.15) is 35.4 Å². The number of β-amino-alcohol motifs (C(OH)–C–C–N with tert-alkyl or cyclic N) is 1. The van der Waals surface area contributed by atoms with E-state index in [4.69, 9.17) is 19.7 Å². The molecular weight excluding hydrogens is 1030 g/mol. The normalized spacial score (nSPS) is 23.2. The smallest absolute Gasteiger partial charge is 0.254 e. The van der Waals surface area contributed by atoms with Crippen LogP contribution in [0.2, 0.25) is 0 Å². The number of benzene rings is 2. The van der Waals surface area contributed by atoms with Gasteiger partial charge in [-0.15, -0.1) is 21.5 Å². The Kier molecular flexibility index (Phi) is 15.7. The Morgan fingerprint density at radius 1 is 0.899 bits per heavy atom. The first-order valence-electron chi connectivity index (χ1n) is 27.7. The molecule has 0 radical (unpaired) electrons. The van der Waals surface area contributed by atoms with E-state index in [1.807, 2.05) is 38.2 Å². The molecule has 2 unspecified atom stereocenters. The molecule has 5 fully saturated rings. The van der Waals surface area contributed by atoms with Crippen LogP contribution in [0.15, 0.2) is 76.9 Å². The number of piperidine rings is 1. The number of ether oxygens (including phenoxy) is 2. The third-order valence-electron chi connectivity index (χ3n) is 16.8. The standard InChI is InChI=1S/C58H69F2N11O7S/c1-32(2)54(58(75)70-30-40(72)22-49(70)57(74)64-33(3)43-23-46(60)44(24-45(43)59)55-34(4)63-31-79-55)51-26-53(67-78-51)76-18-14-35-12-16-68(17-13-35)27-36-19-41(20-36)77-52-21-37(11-15-62-52)71-38-9-10-39(71)29-69(28-38)48-25-47(65-66-56(48)61)42-7-5-6-8-50(42)73/h5-8,11,15,21,23-26,31-33,35-36,38-41,49,54,72-73H,9-10,12-14,16-20,22,27-30H2,1-4H3,(H2,61,66)(H,64,74)/t33-,36?,38?,39?,40+,41?,49-,54-/m0/s1. The summed E-state index contributed by atoms with van der Waals surface area (Å²) in [7, 11) is 0. The van der Waals surface area contributed by atoms with Crippen molar-refractivity contribution < 1.29 is 42.6 Å². The van der Waals surface area contributed by atoms with Crippen molar-refractivity contribution in [2.24, 2.45) is 17.8 Å². The second kappa shape index (κ2) is 23.0. The molecule has 5 N–H and O–H groups in total. The molecule has 4 aliphatic heterocycles. The van der Waals surface area contributed by atoms with E-state index in [0.29, 0.717) is 69.8 Å².